The first-order chi connectivity index (χ1) is 10.2. The zero-order chi connectivity index (χ0) is 14.8. The van der Waals surface area contributed by atoms with Crippen molar-refractivity contribution >= 4 is 22.4 Å². The predicted octanol–water partition coefficient (Wildman–Crippen LogP) is 2.51. The molecule has 0 unspecified atom stereocenters. The molecule has 0 atom stereocenters. The Morgan fingerprint density at radius 1 is 1.10 bits per heavy atom. The van der Waals surface area contributed by atoms with Gasteiger partial charge in [-0.15, -0.1) is 0 Å². The van der Waals surface area contributed by atoms with Crippen molar-refractivity contribution in [2.75, 3.05) is 25.2 Å². The number of aromatic nitrogens is 2. The molecule has 0 saturated carbocycles. The number of nitrogens with zero attached hydrogens (tertiary/aromatic N) is 2. The zero-order valence-corrected chi connectivity index (χ0v) is 11.9. The summed E-state index contributed by atoms with van der Waals surface area (Å²) in [5, 5.41) is 5.39. The number of fused-ring (bicyclic) bond motifs is 1. The maximum atomic E-state index is 6.12. The first kappa shape index (κ1) is 13.5. The minimum absolute atomic E-state index is 0.536. The van der Waals surface area contributed by atoms with Gasteiger partial charge < -0.3 is 16.2 Å². The lowest BCUT2D eigenvalue weighted by Crippen LogP contribution is -2.05. The molecule has 2 aromatic carbocycles. The number of nitrogens with two attached hydrogens (primary N) is 2. The van der Waals surface area contributed by atoms with E-state index in [2.05, 4.69) is 5.10 Å². The summed E-state index contributed by atoms with van der Waals surface area (Å²) in [6.45, 7) is 1.28. The monoisotopic (exact) mass is 282 g/mol. The van der Waals surface area contributed by atoms with Gasteiger partial charge in [0.05, 0.1) is 24.1 Å². The third kappa shape index (κ3) is 2.43. The van der Waals surface area contributed by atoms with Crippen LogP contribution in [0.4, 0.5) is 11.5 Å². The first-order valence-corrected chi connectivity index (χ1v) is 6.80. The standard InChI is InChI=1S/C16H18N4O/c1-21-10-9-20-14-4-2-3-13(15(14)16(18)19-20)11-5-7-12(17)8-6-11/h2-8H,9-10,17H2,1H3,(H2,18,19). The van der Waals surface area contributed by atoms with Crippen LogP contribution in [-0.4, -0.2) is 23.5 Å². The van der Waals surface area contributed by atoms with Gasteiger partial charge in [-0.2, -0.15) is 5.10 Å². The molecule has 3 rings (SSSR count). The molecule has 0 amide bonds. The Balaban J connectivity index is 2.15. The molecule has 0 saturated heterocycles. The third-order valence-corrected chi connectivity index (χ3v) is 3.53. The van der Waals surface area contributed by atoms with E-state index in [1.54, 1.807) is 7.11 Å². The minimum atomic E-state index is 0.536. The predicted molar refractivity (Wildman–Crippen MR) is 85.9 cm³/mol. The fourth-order valence-electron chi connectivity index (χ4n) is 2.51. The van der Waals surface area contributed by atoms with Crippen LogP contribution in [0.3, 0.4) is 0 Å². The second kappa shape index (κ2) is 5.46. The number of hydrogen-bond acceptors (Lipinski definition) is 4. The second-order valence-electron chi connectivity index (χ2n) is 4.92. The van der Waals surface area contributed by atoms with E-state index in [1.807, 2.05) is 47.1 Å². The van der Waals surface area contributed by atoms with Gasteiger partial charge in [0.25, 0.3) is 0 Å². The molecule has 1 heterocycles. The smallest absolute Gasteiger partial charge is 0.154 e. The lowest BCUT2D eigenvalue weighted by atomic mass is 10.0. The third-order valence-electron chi connectivity index (χ3n) is 3.53. The largest absolute Gasteiger partial charge is 0.399 e. The van der Waals surface area contributed by atoms with Gasteiger partial charge in [0.2, 0.25) is 0 Å². The van der Waals surface area contributed by atoms with E-state index in [9.17, 15) is 0 Å². The number of rotatable bonds is 4. The second-order valence-corrected chi connectivity index (χ2v) is 4.92. The highest BCUT2D eigenvalue weighted by atomic mass is 16.5. The molecular weight excluding hydrogens is 264 g/mol. The number of nitrogen functional groups attached to an aromatic ring is 2. The van der Waals surface area contributed by atoms with Crippen molar-refractivity contribution in [3.8, 4) is 11.1 Å². The number of benzene rings is 2. The van der Waals surface area contributed by atoms with Crippen LogP contribution in [0.5, 0.6) is 0 Å². The van der Waals surface area contributed by atoms with Crippen LogP contribution in [0.15, 0.2) is 42.5 Å². The van der Waals surface area contributed by atoms with Crippen molar-refractivity contribution in [2.24, 2.45) is 0 Å². The molecule has 5 heteroatoms. The fraction of sp³-hybridized carbons (Fsp3) is 0.188. The maximum Gasteiger partial charge on any atom is 0.154 e. The summed E-state index contributed by atoms with van der Waals surface area (Å²) < 4.78 is 7.00. The summed E-state index contributed by atoms with van der Waals surface area (Å²) in [7, 11) is 1.68. The van der Waals surface area contributed by atoms with Gasteiger partial charge in [0.15, 0.2) is 5.82 Å². The Morgan fingerprint density at radius 3 is 2.57 bits per heavy atom. The molecule has 3 aromatic rings. The van der Waals surface area contributed by atoms with Gasteiger partial charge in [0, 0.05) is 12.8 Å². The Morgan fingerprint density at radius 2 is 1.86 bits per heavy atom. The Bertz CT molecular complexity index is 762. The SMILES string of the molecule is COCCn1nc(N)c2c(-c3ccc(N)cc3)cccc21. The number of ether oxygens (including phenoxy) is 1. The van der Waals surface area contributed by atoms with Crippen LogP contribution in [0.2, 0.25) is 0 Å². The molecule has 1 aromatic heterocycles. The van der Waals surface area contributed by atoms with E-state index in [4.69, 9.17) is 16.2 Å². The van der Waals surface area contributed by atoms with E-state index < -0.39 is 0 Å². The highest BCUT2D eigenvalue weighted by Gasteiger charge is 2.13. The summed E-state index contributed by atoms with van der Waals surface area (Å²) in [5.74, 6) is 0.536. The molecular formula is C16H18N4O. The van der Waals surface area contributed by atoms with Crippen molar-refractivity contribution in [3.05, 3.63) is 42.5 Å². The minimum Gasteiger partial charge on any atom is -0.399 e. The van der Waals surface area contributed by atoms with E-state index in [-0.39, 0.29) is 0 Å². The maximum absolute atomic E-state index is 6.12. The lowest BCUT2D eigenvalue weighted by molar-refractivity contribution is 0.185. The fourth-order valence-corrected chi connectivity index (χ4v) is 2.51. The number of methoxy groups -OCH3 is 1. The van der Waals surface area contributed by atoms with Gasteiger partial charge in [-0.05, 0) is 29.3 Å². The van der Waals surface area contributed by atoms with E-state index in [1.165, 1.54) is 0 Å². The Labute approximate surface area is 123 Å². The van der Waals surface area contributed by atoms with E-state index >= 15 is 0 Å². The molecule has 5 nitrogen and oxygen atoms in total. The highest BCUT2D eigenvalue weighted by molar-refractivity contribution is 6.01. The molecule has 0 fully saturated rings. The zero-order valence-electron chi connectivity index (χ0n) is 11.9. The van der Waals surface area contributed by atoms with Gasteiger partial charge in [-0.3, -0.25) is 4.68 Å². The van der Waals surface area contributed by atoms with Crippen LogP contribution in [0.25, 0.3) is 22.0 Å². The van der Waals surface area contributed by atoms with Crippen molar-refractivity contribution in [1.82, 2.24) is 9.78 Å². The van der Waals surface area contributed by atoms with Crippen LogP contribution in [0, 0.1) is 0 Å². The van der Waals surface area contributed by atoms with Crippen LogP contribution in [-0.2, 0) is 11.3 Å². The number of anilines is 2. The molecule has 0 aliphatic heterocycles. The quantitative estimate of drug-likeness (QED) is 0.721. The lowest BCUT2D eigenvalue weighted by Gasteiger charge is -2.06. The van der Waals surface area contributed by atoms with Gasteiger partial charge >= 0.3 is 0 Å². The molecule has 108 valence electrons. The molecule has 0 bridgehead atoms. The average Bonchev–Trinajstić information content (AvgIpc) is 2.83. The average molecular weight is 282 g/mol. The topological polar surface area (TPSA) is 79.1 Å². The van der Waals surface area contributed by atoms with Crippen LogP contribution < -0.4 is 11.5 Å². The molecule has 0 aliphatic carbocycles. The molecule has 21 heavy (non-hydrogen) atoms. The van der Waals surface area contributed by atoms with Crippen molar-refractivity contribution in [2.45, 2.75) is 6.54 Å². The molecule has 0 radical (unpaired) electrons. The summed E-state index contributed by atoms with van der Waals surface area (Å²) in [5.41, 5.74) is 15.8. The van der Waals surface area contributed by atoms with Crippen molar-refractivity contribution < 1.29 is 4.74 Å². The van der Waals surface area contributed by atoms with E-state index in [0.717, 1.165) is 27.7 Å². The summed E-state index contributed by atoms with van der Waals surface area (Å²) in [6.07, 6.45) is 0. The molecule has 0 spiro atoms. The van der Waals surface area contributed by atoms with Crippen molar-refractivity contribution in [3.63, 3.8) is 0 Å². The van der Waals surface area contributed by atoms with Gasteiger partial charge in [-0.1, -0.05) is 24.3 Å². The number of hydrogen-bond donors (Lipinski definition) is 2. The molecule has 0 aliphatic rings. The Kier molecular flexibility index (Phi) is 3.50. The van der Waals surface area contributed by atoms with Crippen LogP contribution in [0.1, 0.15) is 0 Å². The van der Waals surface area contributed by atoms with Gasteiger partial charge in [0.1, 0.15) is 0 Å². The van der Waals surface area contributed by atoms with E-state index in [0.29, 0.717) is 19.0 Å². The summed E-state index contributed by atoms with van der Waals surface area (Å²) in [6, 6.07) is 13.9. The van der Waals surface area contributed by atoms with Crippen LogP contribution >= 0.6 is 0 Å². The highest BCUT2D eigenvalue weighted by Crippen LogP contribution is 2.32. The normalized spacial score (nSPS) is 11.1. The van der Waals surface area contributed by atoms with Crippen molar-refractivity contribution in [1.29, 1.82) is 0 Å². The summed E-state index contributed by atoms with van der Waals surface area (Å²) in [4.78, 5) is 0. The molecule has 4 N–H and O–H groups in total. The Hall–Kier alpha value is -2.53. The first-order valence-electron chi connectivity index (χ1n) is 6.80. The summed E-state index contributed by atoms with van der Waals surface area (Å²) >= 11 is 0. The van der Waals surface area contributed by atoms with Gasteiger partial charge in [-0.25, -0.2) is 0 Å².